The van der Waals surface area contributed by atoms with Gasteiger partial charge in [0, 0.05) is 16.7 Å². The molecule has 0 atom stereocenters. The fraction of sp³-hybridized carbons (Fsp3) is 0. The van der Waals surface area contributed by atoms with Crippen LogP contribution in [0, 0.1) is 0 Å². The minimum absolute atomic E-state index is 0.0426. The maximum Gasteiger partial charge on any atom is 0.290 e. The molecule has 0 saturated carbocycles. The number of amides is 2. The molecular formula is C11H5Cl2NO3S. The van der Waals surface area contributed by atoms with E-state index in [0.29, 0.717) is 16.8 Å². The van der Waals surface area contributed by atoms with Gasteiger partial charge in [-0.2, -0.15) is 0 Å². The Hall–Kier alpha value is -1.30. The number of hydrogen-bond donors (Lipinski definition) is 1. The van der Waals surface area contributed by atoms with Gasteiger partial charge in [0.1, 0.15) is 0 Å². The molecule has 1 heterocycles. The van der Waals surface area contributed by atoms with E-state index in [4.69, 9.17) is 23.2 Å². The first-order valence-corrected chi connectivity index (χ1v) is 6.29. The van der Waals surface area contributed by atoms with Gasteiger partial charge in [-0.25, -0.2) is 0 Å². The molecule has 0 aromatic heterocycles. The van der Waals surface area contributed by atoms with Crippen molar-refractivity contribution in [2.75, 3.05) is 0 Å². The maximum atomic E-state index is 11.9. The zero-order chi connectivity index (χ0) is 13.3. The third-order valence-electron chi connectivity index (χ3n) is 2.10. The Morgan fingerprint density at radius 2 is 2.00 bits per heavy atom. The van der Waals surface area contributed by atoms with Crippen LogP contribution in [0.4, 0.5) is 4.79 Å². The highest BCUT2D eigenvalue weighted by atomic mass is 35.5. The summed E-state index contributed by atoms with van der Waals surface area (Å²) >= 11 is 12.3. The zero-order valence-electron chi connectivity index (χ0n) is 8.70. The Kier molecular flexibility index (Phi) is 3.75. The first-order valence-electron chi connectivity index (χ1n) is 4.71. The Balaban J connectivity index is 2.33. The van der Waals surface area contributed by atoms with Gasteiger partial charge in [0.15, 0.2) is 5.78 Å². The van der Waals surface area contributed by atoms with Crippen LogP contribution in [0.1, 0.15) is 10.4 Å². The van der Waals surface area contributed by atoms with Crippen LogP contribution in [0.3, 0.4) is 0 Å². The topological polar surface area (TPSA) is 63.2 Å². The van der Waals surface area contributed by atoms with E-state index in [1.807, 2.05) is 0 Å². The van der Waals surface area contributed by atoms with Crippen molar-refractivity contribution < 1.29 is 14.4 Å². The molecule has 2 amide bonds. The second-order valence-electron chi connectivity index (χ2n) is 3.34. The van der Waals surface area contributed by atoms with Crippen LogP contribution < -0.4 is 5.32 Å². The van der Waals surface area contributed by atoms with E-state index in [1.165, 1.54) is 12.1 Å². The number of carbonyl (C=O) groups excluding carboxylic acids is 3. The Morgan fingerprint density at radius 3 is 2.61 bits per heavy atom. The molecule has 1 N–H and O–H groups in total. The molecule has 1 saturated heterocycles. The summed E-state index contributed by atoms with van der Waals surface area (Å²) in [4.78, 5) is 34.2. The van der Waals surface area contributed by atoms with Gasteiger partial charge in [-0.3, -0.25) is 19.7 Å². The summed E-state index contributed by atoms with van der Waals surface area (Å²) in [5.41, 5.74) is 0.185. The predicted molar refractivity (Wildman–Crippen MR) is 70.0 cm³/mol. The van der Waals surface area contributed by atoms with E-state index in [9.17, 15) is 14.4 Å². The predicted octanol–water partition coefficient (Wildman–Crippen LogP) is 3.04. The number of rotatable bonds is 2. The second-order valence-corrected chi connectivity index (χ2v) is 5.20. The molecule has 4 nitrogen and oxygen atoms in total. The average Bonchev–Trinajstić information content (AvgIpc) is 2.61. The van der Waals surface area contributed by atoms with E-state index >= 15 is 0 Å². The standard InChI is InChI=1S/C11H5Cl2NO3S/c12-5-1-2-7(13)6(3-5)8(15)4-9-10(16)14-11(17)18-9/h1-4H,(H,14,16,17)/b9-4+. The van der Waals surface area contributed by atoms with Gasteiger partial charge in [-0.1, -0.05) is 23.2 Å². The molecule has 92 valence electrons. The molecule has 2 rings (SSSR count). The molecule has 0 spiro atoms. The molecule has 7 heteroatoms. The molecule has 18 heavy (non-hydrogen) atoms. The number of halogens is 2. The molecule has 1 aliphatic heterocycles. The van der Waals surface area contributed by atoms with Gasteiger partial charge in [0.05, 0.1) is 9.93 Å². The van der Waals surface area contributed by atoms with E-state index < -0.39 is 16.9 Å². The molecular weight excluding hydrogens is 297 g/mol. The molecule has 1 fully saturated rings. The number of ketones is 1. The zero-order valence-corrected chi connectivity index (χ0v) is 11.0. The fourth-order valence-corrected chi connectivity index (χ4v) is 2.34. The summed E-state index contributed by atoms with van der Waals surface area (Å²) in [7, 11) is 0. The minimum Gasteiger partial charge on any atom is -0.289 e. The highest BCUT2D eigenvalue weighted by Gasteiger charge is 2.26. The van der Waals surface area contributed by atoms with Crippen LogP contribution in [-0.4, -0.2) is 16.9 Å². The highest BCUT2D eigenvalue weighted by molar-refractivity contribution is 8.18. The van der Waals surface area contributed by atoms with Crippen molar-refractivity contribution in [3.63, 3.8) is 0 Å². The lowest BCUT2D eigenvalue weighted by Crippen LogP contribution is -2.18. The van der Waals surface area contributed by atoms with E-state index in [1.54, 1.807) is 6.07 Å². The van der Waals surface area contributed by atoms with Crippen molar-refractivity contribution in [2.24, 2.45) is 0 Å². The van der Waals surface area contributed by atoms with Gasteiger partial charge in [0.2, 0.25) is 0 Å². The second kappa shape index (κ2) is 5.14. The van der Waals surface area contributed by atoms with E-state index in [0.717, 1.165) is 6.08 Å². The monoisotopic (exact) mass is 301 g/mol. The average molecular weight is 302 g/mol. The lowest BCUT2D eigenvalue weighted by Gasteiger charge is -2.00. The van der Waals surface area contributed by atoms with E-state index in [2.05, 4.69) is 5.32 Å². The van der Waals surface area contributed by atoms with Crippen LogP contribution in [0.15, 0.2) is 29.2 Å². The van der Waals surface area contributed by atoms with Crippen LogP contribution in [0.2, 0.25) is 10.0 Å². The SMILES string of the molecule is O=C1NC(=O)/C(=C\C(=O)c2cc(Cl)ccc2Cl)S1. The molecule has 0 radical (unpaired) electrons. The third-order valence-corrected chi connectivity index (χ3v) is 3.47. The number of imide groups is 1. The van der Waals surface area contributed by atoms with Crippen molar-refractivity contribution in [3.05, 3.63) is 44.8 Å². The first-order chi connectivity index (χ1) is 8.47. The number of thioether (sulfide) groups is 1. The van der Waals surface area contributed by atoms with Crippen molar-refractivity contribution in [3.8, 4) is 0 Å². The molecule has 1 aliphatic rings. The summed E-state index contributed by atoms with van der Waals surface area (Å²) in [5, 5.41) is 2.15. The quantitative estimate of drug-likeness (QED) is 0.673. The van der Waals surface area contributed by atoms with Crippen molar-refractivity contribution in [1.29, 1.82) is 0 Å². The van der Waals surface area contributed by atoms with Crippen LogP contribution >= 0.6 is 35.0 Å². The van der Waals surface area contributed by atoms with Crippen LogP contribution in [-0.2, 0) is 4.79 Å². The number of benzene rings is 1. The van der Waals surface area contributed by atoms with E-state index in [-0.39, 0.29) is 15.5 Å². The van der Waals surface area contributed by atoms with Gasteiger partial charge >= 0.3 is 0 Å². The fourth-order valence-electron chi connectivity index (χ4n) is 1.30. The van der Waals surface area contributed by atoms with Crippen molar-refractivity contribution in [1.82, 2.24) is 5.32 Å². The van der Waals surface area contributed by atoms with Crippen molar-refractivity contribution >= 4 is 51.9 Å². The normalized spacial score (nSPS) is 17.1. The van der Waals surface area contributed by atoms with Crippen LogP contribution in [0.25, 0.3) is 0 Å². The van der Waals surface area contributed by atoms with Gasteiger partial charge in [-0.05, 0) is 30.0 Å². The number of nitrogens with one attached hydrogen (secondary N) is 1. The molecule has 0 aliphatic carbocycles. The molecule has 0 unspecified atom stereocenters. The minimum atomic E-state index is -0.587. The molecule has 1 aromatic carbocycles. The molecule has 0 bridgehead atoms. The Labute approximate surface area is 116 Å². The summed E-state index contributed by atoms with van der Waals surface area (Å²) in [5.74, 6) is -1.06. The van der Waals surface area contributed by atoms with Crippen molar-refractivity contribution in [2.45, 2.75) is 0 Å². The summed E-state index contributed by atoms with van der Waals surface area (Å²) < 4.78 is 0. The number of carbonyl (C=O) groups is 3. The van der Waals surface area contributed by atoms with Crippen LogP contribution in [0.5, 0.6) is 0 Å². The lowest BCUT2D eigenvalue weighted by molar-refractivity contribution is -0.115. The Morgan fingerprint density at radius 1 is 1.28 bits per heavy atom. The number of allylic oxidation sites excluding steroid dienone is 1. The smallest absolute Gasteiger partial charge is 0.289 e. The summed E-state index contributed by atoms with van der Waals surface area (Å²) in [6.45, 7) is 0. The maximum absolute atomic E-state index is 11.9. The van der Waals surface area contributed by atoms with Gasteiger partial charge in [-0.15, -0.1) is 0 Å². The highest BCUT2D eigenvalue weighted by Crippen LogP contribution is 2.26. The largest absolute Gasteiger partial charge is 0.290 e. The summed E-state index contributed by atoms with van der Waals surface area (Å²) in [6.07, 6.45) is 1.07. The van der Waals surface area contributed by atoms with Gasteiger partial charge < -0.3 is 0 Å². The first kappa shape index (κ1) is 13.1. The molecule has 1 aromatic rings. The number of hydrogen-bond acceptors (Lipinski definition) is 4. The third kappa shape index (κ3) is 2.75. The van der Waals surface area contributed by atoms with Gasteiger partial charge in [0.25, 0.3) is 11.1 Å². The Bertz CT molecular complexity index is 598. The summed E-state index contributed by atoms with van der Waals surface area (Å²) in [6, 6.07) is 4.44. The lowest BCUT2D eigenvalue weighted by atomic mass is 10.1.